The van der Waals surface area contributed by atoms with E-state index in [1.165, 1.54) is 30.4 Å². The molecule has 1 N–H and O–H groups in total. The van der Waals surface area contributed by atoms with E-state index in [0.717, 1.165) is 0 Å². The molecule has 3 rings (SSSR count). The molecule has 1 heterocycles. The Labute approximate surface area is 158 Å². The Morgan fingerprint density at radius 3 is 2.81 bits per heavy atom. The van der Waals surface area contributed by atoms with Crippen LogP contribution in [0.15, 0.2) is 59.4 Å². The first-order chi connectivity index (χ1) is 13.0. The Balaban J connectivity index is 2.01. The van der Waals surface area contributed by atoms with Gasteiger partial charge in [-0.15, -0.1) is 0 Å². The number of hydrogen-bond donors (Lipinski definition) is 1. The normalized spacial score (nSPS) is 11.6. The van der Waals surface area contributed by atoms with Crippen LogP contribution in [-0.4, -0.2) is 14.9 Å². The van der Waals surface area contributed by atoms with E-state index in [1.807, 2.05) is 6.07 Å². The lowest BCUT2D eigenvalue weighted by atomic mass is 10.1. The van der Waals surface area contributed by atoms with Crippen LogP contribution in [0.4, 0.5) is 5.69 Å². The number of halogens is 1. The van der Waals surface area contributed by atoms with Crippen LogP contribution in [0.2, 0.25) is 5.02 Å². The fraction of sp³-hybridized carbons (Fsp3) is 0. The highest BCUT2D eigenvalue weighted by Gasteiger charge is 2.10. The molecule has 0 amide bonds. The van der Waals surface area contributed by atoms with Gasteiger partial charge in [0, 0.05) is 11.1 Å². The van der Waals surface area contributed by atoms with E-state index < -0.39 is 10.5 Å². The number of allylic oxidation sites excluding steroid dienone is 3. The van der Waals surface area contributed by atoms with Crippen molar-refractivity contribution in [1.29, 1.82) is 5.26 Å². The van der Waals surface area contributed by atoms with Crippen molar-refractivity contribution < 1.29 is 4.92 Å². The summed E-state index contributed by atoms with van der Waals surface area (Å²) in [4.78, 5) is 29.5. The SMILES string of the molecule is N#C/C(=C\C=C\c1ccccc1[N+](=O)[O-])c1nc2cc(Cl)ccc2c(=O)[nH]1. The zero-order valence-corrected chi connectivity index (χ0v) is 14.5. The molecule has 0 saturated carbocycles. The molecule has 0 radical (unpaired) electrons. The summed E-state index contributed by atoms with van der Waals surface area (Å²) in [6.07, 6.45) is 4.42. The molecule has 0 unspecified atom stereocenters. The minimum absolute atomic E-state index is 0.0486. The predicted molar refractivity (Wildman–Crippen MR) is 103 cm³/mol. The van der Waals surface area contributed by atoms with Gasteiger partial charge in [0.25, 0.3) is 11.2 Å². The Hall–Kier alpha value is -3.76. The molecule has 7 nitrogen and oxygen atoms in total. The van der Waals surface area contributed by atoms with Crippen LogP contribution >= 0.6 is 11.6 Å². The Bertz CT molecular complexity index is 1210. The van der Waals surface area contributed by atoms with Crippen molar-refractivity contribution in [3.63, 3.8) is 0 Å². The number of nitriles is 1. The molecule has 0 bridgehead atoms. The van der Waals surface area contributed by atoms with Crippen molar-refractivity contribution in [2.75, 3.05) is 0 Å². The first-order valence-corrected chi connectivity index (χ1v) is 8.09. The molecule has 0 spiro atoms. The predicted octanol–water partition coefficient (Wildman–Crippen LogP) is 4.11. The highest BCUT2D eigenvalue weighted by Crippen LogP contribution is 2.20. The molecule has 8 heteroatoms. The second-order valence-corrected chi connectivity index (χ2v) is 5.88. The molecule has 1 aromatic heterocycles. The second kappa shape index (κ2) is 7.64. The van der Waals surface area contributed by atoms with Gasteiger partial charge in [0.15, 0.2) is 5.82 Å². The first kappa shape index (κ1) is 18.0. The Morgan fingerprint density at radius 2 is 2.07 bits per heavy atom. The van der Waals surface area contributed by atoms with Crippen molar-refractivity contribution in [2.24, 2.45) is 0 Å². The van der Waals surface area contributed by atoms with E-state index in [2.05, 4.69) is 9.97 Å². The molecule has 0 atom stereocenters. The van der Waals surface area contributed by atoms with E-state index in [-0.39, 0.29) is 17.1 Å². The molecule has 0 aliphatic carbocycles. The topological polar surface area (TPSA) is 113 Å². The van der Waals surface area contributed by atoms with Crippen LogP contribution < -0.4 is 5.56 Å². The molecule has 0 aliphatic heterocycles. The highest BCUT2D eigenvalue weighted by atomic mass is 35.5. The number of para-hydroxylation sites is 1. The maximum absolute atomic E-state index is 12.2. The molecular formula is C19H11ClN4O3. The molecule has 0 aliphatic rings. The van der Waals surface area contributed by atoms with Gasteiger partial charge in [-0.2, -0.15) is 5.26 Å². The molecule has 3 aromatic rings. The number of nitro benzene ring substituents is 1. The summed E-state index contributed by atoms with van der Waals surface area (Å²) in [7, 11) is 0. The van der Waals surface area contributed by atoms with Gasteiger partial charge >= 0.3 is 0 Å². The van der Waals surface area contributed by atoms with Crippen LogP contribution in [0, 0.1) is 21.4 Å². The Morgan fingerprint density at radius 1 is 1.30 bits per heavy atom. The summed E-state index contributed by atoms with van der Waals surface area (Å²) < 4.78 is 0. The lowest BCUT2D eigenvalue weighted by molar-refractivity contribution is -0.385. The van der Waals surface area contributed by atoms with E-state index in [1.54, 1.807) is 30.3 Å². The van der Waals surface area contributed by atoms with Crippen molar-refractivity contribution in [1.82, 2.24) is 9.97 Å². The summed E-state index contributed by atoms with van der Waals surface area (Å²) >= 11 is 5.93. The van der Waals surface area contributed by atoms with Gasteiger partial charge in [-0.3, -0.25) is 14.9 Å². The average molecular weight is 379 g/mol. The summed E-state index contributed by atoms with van der Waals surface area (Å²) in [5.74, 6) is 0.0875. The van der Waals surface area contributed by atoms with Gasteiger partial charge in [0.2, 0.25) is 0 Å². The molecule has 0 saturated heterocycles. The standard InChI is InChI=1S/C19H11ClN4O3/c20-14-8-9-15-16(10-14)22-18(23-19(15)25)13(11-21)6-3-5-12-4-1-2-7-17(12)24(26)27/h1-10H,(H,22,23,25)/b5-3+,13-6+. The quantitative estimate of drug-likeness (QED) is 0.318. The number of aromatic nitrogens is 2. The average Bonchev–Trinajstić information content (AvgIpc) is 2.65. The van der Waals surface area contributed by atoms with Crippen molar-refractivity contribution in [3.8, 4) is 6.07 Å². The molecule has 0 fully saturated rings. The molecule has 2 aromatic carbocycles. The van der Waals surface area contributed by atoms with Crippen LogP contribution in [0.3, 0.4) is 0 Å². The maximum Gasteiger partial charge on any atom is 0.276 e. The zero-order chi connectivity index (χ0) is 19.4. The lowest BCUT2D eigenvalue weighted by Gasteiger charge is -2.01. The number of fused-ring (bicyclic) bond motifs is 1. The lowest BCUT2D eigenvalue weighted by Crippen LogP contribution is -2.11. The third-order valence-corrected chi connectivity index (χ3v) is 3.95. The second-order valence-electron chi connectivity index (χ2n) is 5.44. The van der Waals surface area contributed by atoms with Gasteiger partial charge in [-0.05, 0) is 36.4 Å². The van der Waals surface area contributed by atoms with Gasteiger partial charge in [0.05, 0.1) is 27.0 Å². The highest BCUT2D eigenvalue weighted by molar-refractivity contribution is 6.31. The number of benzene rings is 2. The number of aromatic amines is 1. The first-order valence-electron chi connectivity index (χ1n) is 7.71. The van der Waals surface area contributed by atoms with Crippen molar-refractivity contribution >= 4 is 39.8 Å². The monoisotopic (exact) mass is 378 g/mol. The minimum atomic E-state index is -0.485. The van der Waals surface area contributed by atoms with Gasteiger partial charge < -0.3 is 4.98 Å². The number of nitro groups is 1. The number of nitrogens with one attached hydrogen (secondary N) is 1. The third-order valence-electron chi connectivity index (χ3n) is 3.72. The summed E-state index contributed by atoms with van der Waals surface area (Å²) in [5.41, 5.74) is 0.416. The van der Waals surface area contributed by atoms with Gasteiger partial charge in [-0.25, -0.2) is 4.98 Å². The summed E-state index contributed by atoms with van der Waals surface area (Å²) in [6.45, 7) is 0. The van der Waals surface area contributed by atoms with E-state index in [9.17, 15) is 20.2 Å². The molecule has 132 valence electrons. The van der Waals surface area contributed by atoms with Crippen LogP contribution in [0.1, 0.15) is 11.4 Å². The fourth-order valence-electron chi connectivity index (χ4n) is 2.45. The molecular weight excluding hydrogens is 368 g/mol. The maximum atomic E-state index is 12.2. The number of hydrogen-bond acceptors (Lipinski definition) is 5. The van der Waals surface area contributed by atoms with Crippen LogP contribution in [-0.2, 0) is 0 Å². The van der Waals surface area contributed by atoms with Gasteiger partial charge in [0.1, 0.15) is 6.07 Å². The zero-order valence-electron chi connectivity index (χ0n) is 13.7. The van der Waals surface area contributed by atoms with Crippen molar-refractivity contribution in [3.05, 3.63) is 91.5 Å². The smallest absolute Gasteiger partial charge is 0.276 e. The largest absolute Gasteiger partial charge is 0.305 e. The minimum Gasteiger partial charge on any atom is -0.305 e. The molecule has 27 heavy (non-hydrogen) atoms. The Kier molecular flexibility index (Phi) is 5.11. The third kappa shape index (κ3) is 3.92. The van der Waals surface area contributed by atoms with E-state index >= 15 is 0 Å². The van der Waals surface area contributed by atoms with Gasteiger partial charge in [-0.1, -0.05) is 29.8 Å². The number of H-pyrrole nitrogens is 1. The summed E-state index contributed by atoms with van der Waals surface area (Å²) in [6, 6.07) is 12.9. The fourth-order valence-corrected chi connectivity index (χ4v) is 2.62. The van der Waals surface area contributed by atoms with Crippen LogP contribution in [0.25, 0.3) is 22.6 Å². The number of rotatable bonds is 4. The summed E-state index contributed by atoms with van der Waals surface area (Å²) in [5, 5.41) is 21.2. The van der Waals surface area contributed by atoms with Crippen LogP contribution in [0.5, 0.6) is 0 Å². The van der Waals surface area contributed by atoms with E-state index in [0.29, 0.717) is 21.5 Å². The number of nitrogens with zero attached hydrogens (tertiary/aromatic N) is 3. The van der Waals surface area contributed by atoms with Crippen molar-refractivity contribution in [2.45, 2.75) is 0 Å². The van der Waals surface area contributed by atoms with E-state index in [4.69, 9.17) is 11.6 Å².